The van der Waals surface area contributed by atoms with Crippen LogP contribution in [0.5, 0.6) is 0 Å². The highest BCUT2D eigenvalue weighted by Crippen LogP contribution is 2.14. The second kappa shape index (κ2) is 2.45. The number of aryl methyl sites for hydroxylation is 1. The van der Waals surface area contributed by atoms with Crippen LogP contribution in [0.25, 0.3) is 0 Å². The van der Waals surface area contributed by atoms with Crippen molar-refractivity contribution in [3.63, 3.8) is 0 Å². The van der Waals surface area contributed by atoms with Crippen LogP contribution in [0.3, 0.4) is 0 Å². The molecule has 1 N–H and O–H groups in total. The standard InChI is InChI=1S/C7H11N3O/c1-5-8-6(10-9-5)7(2,3)4-11/h4H,1-3H3,(H,8,9,10). The van der Waals surface area contributed by atoms with Crippen LogP contribution in [0.15, 0.2) is 0 Å². The number of carbonyl (C=O) groups is 1. The van der Waals surface area contributed by atoms with Gasteiger partial charge in [0.1, 0.15) is 12.1 Å². The normalized spacial score (nSPS) is 11.5. The van der Waals surface area contributed by atoms with Crippen molar-refractivity contribution < 1.29 is 4.79 Å². The molecule has 1 heterocycles. The second-order valence-corrected chi connectivity index (χ2v) is 3.08. The number of H-pyrrole nitrogens is 1. The predicted octanol–water partition coefficient (Wildman–Crippen LogP) is 0.590. The Kier molecular flexibility index (Phi) is 1.76. The molecule has 0 saturated carbocycles. The van der Waals surface area contributed by atoms with E-state index in [0.29, 0.717) is 5.82 Å². The number of rotatable bonds is 2. The maximum Gasteiger partial charge on any atom is 0.163 e. The van der Waals surface area contributed by atoms with Gasteiger partial charge in [0.15, 0.2) is 5.82 Å². The van der Waals surface area contributed by atoms with E-state index in [1.54, 1.807) is 20.8 Å². The van der Waals surface area contributed by atoms with E-state index < -0.39 is 5.41 Å². The minimum Gasteiger partial charge on any atom is -0.302 e. The highest BCUT2D eigenvalue weighted by Gasteiger charge is 2.23. The van der Waals surface area contributed by atoms with Crippen LogP contribution >= 0.6 is 0 Å². The summed E-state index contributed by atoms with van der Waals surface area (Å²) >= 11 is 0. The zero-order chi connectivity index (χ0) is 8.48. The van der Waals surface area contributed by atoms with Crippen molar-refractivity contribution in [2.45, 2.75) is 26.2 Å². The maximum atomic E-state index is 10.5. The second-order valence-electron chi connectivity index (χ2n) is 3.08. The Morgan fingerprint density at radius 3 is 2.55 bits per heavy atom. The first-order chi connectivity index (χ1) is 5.06. The molecular formula is C7H11N3O. The summed E-state index contributed by atoms with van der Waals surface area (Å²) in [6.07, 6.45) is 0.843. The van der Waals surface area contributed by atoms with Gasteiger partial charge >= 0.3 is 0 Å². The van der Waals surface area contributed by atoms with Crippen molar-refractivity contribution in [3.8, 4) is 0 Å². The predicted molar refractivity (Wildman–Crippen MR) is 40.2 cm³/mol. The molecule has 11 heavy (non-hydrogen) atoms. The Balaban J connectivity index is 3.01. The van der Waals surface area contributed by atoms with Gasteiger partial charge in [-0.1, -0.05) is 0 Å². The third-order valence-electron chi connectivity index (χ3n) is 1.47. The van der Waals surface area contributed by atoms with E-state index in [0.717, 1.165) is 12.1 Å². The monoisotopic (exact) mass is 153 g/mol. The van der Waals surface area contributed by atoms with Crippen LogP contribution in [0.4, 0.5) is 0 Å². The van der Waals surface area contributed by atoms with E-state index in [2.05, 4.69) is 15.2 Å². The van der Waals surface area contributed by atoms with Crippen LogP contribution in [0.2, 0.25) is 0 Å². The lowest BCUT2D eigenvalue weighted by Crippen LogP contribution is -2.20. The molecule has 1 rings (SSSR count). The van der Waals surface area contributed by atoms with Crippen molar-refractivity contribution in [2.75, 3.05) is 0 Å². The van der Waals surface area contributed by atoms with E-state index in [9.17, 15) is 4.79 Å². The quantitative estimate of drug-likeness (QED) is 0.632. The number of nitrogens with zero attached hydrogens (tertiary/aromatic N) is 2. The molecule has 0 bridgehead atoms. The molecule has 1 aromatic rings. The molecule has 0 aliphatic heterocycles. The molecule has 0 spiro atoms. The van der Waals surface area contributed by atoms with Gasteiger partial charge in [-0.3, -0.25) is 5.10 Å². The Labute approximate surface area is 65.0 Å². The fourth-order valence-electron chi connectivity index (χ4n) is 0.684. The summed E-state index contributed by atoms with van der Waals surface area (Å²) in [5.41, 5.74) is -0.579. The minimum absolute atomic E-state index is 0.546. The highest BCUT2D eigenvalue weighted by atomic mass is 16.1. The first-order valence-corrected chi connectivity index (χ1v) is 3.42. The first kappa shape index (κ1) is 7.91. The number of hydrogen-bond donors (Lipinski definition) is 1. The lowest BCUT2D eigenvalue weighted by atomic mass is 9.95. The summed E-state index contributed by atoms with van der Waals surface area (Å²) in [5.74, 6) is 1.28. The molecule has 0 fully saturated rings. The van der Waals surface area contributed by atoms with Gasteiger partial charge in [0.05, 0.1) is 5.41 Å². The van der Waals surface area contributed by atoms with Gasteiger partial charge in [0, 0.05) is 0 Å². The van der Waals surface area contributed by atoms with E-state index in [1.165, 1.54) is 0 Å². The highest BCUT2D eigenvalue weighted by molar-refractivity contribution is 5.64. The van der Waals surface area contributed by atoms with Crippen LogP contribution in [0, 0.1) is 6.92 Å². The zero-order valence-electron chi connectivity index (χ0n) is 6.88. The van der Waals surface area contributed by atoms with Crippen LogP contribution < -0.4 is 0 Å². The summed E-state index contributed by atoms with van der Waals surface area (Å²) < 4.78 is 0. The molecular weight excluding hydrogens is 142 g/mol. The fraction of sp³-hybridized carbons (Fsp3) is 0.571. The topological polar surface area (TPSA) is 58.6 Å². The van der Waals surface area contributed by atoms with E-state index >= 15 is 0 Å². The summed E-state index contributed by atoms with van der Waals surface area (Å²) in [6, 6.07) is 0. The van der Waals surface area contributed by atoms with Crippen LogP contribution in [-0.4, -0.2) is 21.5 Å². The molecule has 0 aromatic carbocycles. The van der Waals surface area contributed by atoms with Gasteiger partial charge in [-0.05, 0) is 20.8 Å². The molecule has 4 nitrogen and oxygen atoms in total. The molecule has 60 valence electrons. The largest absolute Gasteiger partial charge is 0.302 e. The van der Waals surface area contributed by atoms with Gasteiger partial charge in [-0.2, -0.15) is 5.10 Å². The van der Waals surface area contributed by atoms with Crippen molar-refractivity contribution >= 4 is 6.29 Å². The van der Waals surface area contributed by atoms with Gasteiger partial charge < -0.3 is 4.79 Å². The number of hydrogen-bond acceptors (Lipinski definition) is 3. The third kappa shape index (κ3) is 1.45. The van der Waals surface area contributed by atoms with E-state index in [4.69, 9.17) is 0 Å². The molecule has 1 aromatic heterocycles. The number of nitrogens with one attached hydrogen (secondary N) is 1. The molecule has 0 radical (unpaired) electrons. The summed E-state index contributed by atoms with van der Waals surface area (Å²) in [7, 11) is 0. The third-order valence-corrected chi connectivity index (χ3v) is 1.47. The molecule has 0 atom stereocenters. The summed E-state index contributed by atoms with van der Waals surface area (Å²) in [4.78, 5) is 14.6. The SMILES string of the molecule is Cc1nc(C(C)(C)C=O)n[nH]1. The van der Waals surface area contributed by atoms with Gasteiger partial charge in [0.2, 0.25) is 0 Å². The van der Waals surface area contributed by atoms with Crippen molar-refractivity contribution in [3.05, 3.63) is 11.6 Å². The number of carbonyl (C=O) groups excluding carboxylic acids is 1. The molecule has 0 amide bonds. The Morgan fingerprint density at radius 1 is 1.55 bits per heavy atom. The lowest BCUT2D eigenvalue weighted by Gasteiger charge is -2.09. The number of aldehydes is 1. The van der Waals surface area contributed by atoms with E-state index in [1.807, 2.05) is 0 Å². The zero-order valence-corrected chi connectivity index (χ0v) is 6.88. The van der Waals surface area contributed by atoms with Crippen LogP contribution in [-0.2, 0) is 10.2 Å². The molecule has 0 aliphatic carbocycles. The Bertz CT molecular complexity index is 264. The first-order valence-electron chi connectivity index (χ1n) is 3.42. The smallest absolute Gasteiger partial charge is 0.163 e. The minimum atomic E-state index is -0.579. The number of aromatic amines is 1. The van der Waals surface area contributed by atoms with Crippen molar-refractivity contribution in [1.82, 2.24) is 15.2 Å². The molecule has 0 unspecified atom stereocenters. The van der Waals surface area contributed by atoms with Gasteiger partial charge in [-0.15, -0.1) is 0 Å². The van der Waals surface area contributed by atoms with Gasteiger partial charge in [-0.25, -0.2) is 4.98 Å². The average Bonchev–Trinajstić information content (AvgIpc) is 2.36. The lowest BCUT2D eigenvalue weighted by molar-refractivity contribution is -0.111. The fourth-order valence-corrected chi connectivity index (χ4v) is 0.684. The molecule has 0 aliphatic rings. The molecule has 4 heteroatoms. The van der Waals surface area contributed by atoms with Gasteiger partial charge in [0.25, 0.3) is 0 Å². The maximum absolute atomic E-state index is 10.5. The van der Waals surface area contributed by atoms with Crippen molar-refractivity contribution in [1.29, 1.82) is 0 Å². The van der Waals surface area contributed by atoms with E-state index in [-0.39, 0.29) is 0 Å². The van der Waals surface area contributed by atoms with Crippen LogP contribution in [0.1, 0.15) is 25.5 Å². The Hall–Kier alpha value is -1.19. The average molecular weight is 153 g/mol. The summed E-state index contributed by atoms with van der Waals surface area (Å²) in [6.45, 7) is 5.36. The number of aromatic nitrogens is 3. The molecule has 0 saturated heterocycles. The van der Waals surface area contributed by atoms with Crippen molar-refractivity contribution in [2.24, 2.45) is 0 Å². The Morgan fingerprint density at radius 2 is 2.18 bits per heavy atom. The summed E-state index contributed by atoms with van der Waals surface area (Å²) in [5, 5.41) is 6.58.